The molecule has 0 fully saturated rings. The lowest BCUT2D eigenvalue weighted by Gasteiger charge is -2.19. The van der Waals surface area contributed by atoms with Crippen molar-refractivity contribution in [2.24, 2.45) is 0 Å². The summed E-state index contributed by atoms with van der Waals surface area (Å²) in [7, 11) is 0. The molecule has 5 nitrogen and oxygen atoms in total. The Balaban J connectivity index is 1.68. The van der Waals surface area contributed by atoms with E-state index in [0.717, 1.165) is 29.0 Å². The Morgan fingerprint density at radius 1 is 1.07 bits per heavy atom. The number of rotatable bonds is 6. The number of halogens is 1. The second kappa shape index (κ2) is 8.80. The van der Waals surface area contributed by atoms with Gasteiger partial charge in [0.15, 0.2) is 11.9 Å². The Bertz CT molecular complexity index is 951. The van der Waals surface area contributed by atoms with Gasteiger partial charge < -0.3 is 10.1 Å². The van der Waals surface area contributed by atoms with Crippen LogP contribution in [0.3, 0.4) is 0 Å². The summed E-state index contributed by atoms with van der Waals surface area (Å²) < 4.78 is 6.25. The van der Waals surface area contributed by atoms with Gasteiger partial charge in [0.05, 0.1) is 0 Å². The van der Waals surface area contributed by atoms with Gasteiger partial charge in [0.1, 0.15) is 0 Å². The molecular weight excluding hydrogens is 392 g/mol. The maximum Gasteiger partial charge on any atom is 0.247 e. The van der Waals surface area contributed by atoms with Crippen molar-refractivity contribution in [1.82, 2.24) is 15.2 Å². The van der Waals surface area contributed by atoms with Crippen molar-refractivity contribution in [2.75, 3.05) is 11.1 Å². The van der Waals surface area contributed by atoms with Crippen LogP contribution < -0.4 is 10.1 Å². The molecule has 0 radical (unpaired) electrons. The van der Waals surface area contributed by atoms with Crippen LogP contribution in [0.1, 0.15) is 38.0 Å². The van der Waals surface area contributed by atoms with Gasteiger partial charge in [-0.05, 0) is 24.6 Å². The Labute approximate surface area is 173 Å². The first-order valence-corrected chi connectivity index (χ1v) is 10.8. The first kappa shape index (κ1) is 19.0. The summed E-state index contributed by atoms with van der Waals surface area (Å²) in [5.74, 6) is 1.47. The number of thioether (sulfide) groups is 1. The Morgan fingerprint density at radius 2 is 1.89 bits per heavy atom. The zero-order valence-electron chi connectivity index (χ0n) is 15.6. The second-order valence-corrected chi connectivity index (χ2v) is 8.04. The number of nitrogens with zero attached hydrogens (tertiary/aromatic N) is 3. The van der Waals surface area contributed by atoms with E-state index >= 15 is 0 Å². The molecule has 2 heterocycles. The molecule has 1 N–H and O–H groups in total. The number of aromatic nitrogens is 3. The largest absolute Gasteiger partial charge is 0.448 e. The normalized spacial score (nSPS) is 15.0. The smallest absolute Gasteiger partial charge is 0.247 e. The number of hydrogen-bond donors (Lipinski definition) is 1. The monoisotopic (exact) mass is 412 g/mol. The summed E-state index contributed by atoms with van der Waals surface area (Å²) in [5.41, 5.74) is 3.47. The maximum atomic E-state index is 6.25. The van der Waals surface area contributed by atoms with Crippen LogP contribution in [0.25, 0.3) is 11.3 Å². The summed E-state index contributed by atoms with van der Waals surface area (Å²) >= 11 is 7.66. The molecule has 4 rings (SSSR count). The molecule has 1 atom stereocenters. The average Bonchev–Trinajstić information content (AvgIpc) is 2.88. The van der Waals surface area contributed by atoms with E-state index in [1.807, 2.05) is 48.5 Å². The number of nitrogens with one attached hydrogen (secondary N) is 1. The van der Waals surface area contributed by atoms with Gasteiger partial charge in [0.2, 0.25) is 11.0 Å². The van der Waals surface area contributed by atoms with Crippen LogP contribution in [0.15, 0.2) is 53.7 Å². The molecule has 0 saturated heterocycles. The van der Waals surface area contributed by atoms with Crippen LogP contribution in [-0.2, 0) is 0 Å². The molecule has 1 aliphatic heterocycles. The fourth-order valence-electron chi connectivity index (χ4n) is 3.01. The van der Waals surface area contributed by atoms with E-state index in [0.29, 0.717) is 21.8 Å². The quantitative estimate of drug-likeness (QED) is 0.397. The van der Waals surface area contributed by atoms with Crippen LogP contribution in [0.5, 0.6) is 5.88 Å². The fraction of sp³-hybridized carbons (Fsp3) is 0.286. The maximum absolute atomic E-state index is 6.25. The molecule has 0 bridgehead atoms. The molecule has 0 amide bonds. The van der Waals surface area contributed by atoms with Gasteiger partial charge in [-0.2, -0.15) is 4.98 Å². The first-order chi connectivity index (χ1) is 13.7. The molecule has 0 spiro atoms. The third-order valence-corrected chi connectivity index (χ3v) is 5.66. The average molecular weight is 413 g/mol. The molecule has 7 heteroatoms. The molecule has 2 aromatic carbocycles. The molecule has 0 saturated carbocycles. The minimum Gasteiger partial charge on any atom is -0.448 e. The van der Waals surface area contributed by atoms with E-state index in [9.17, 15) is 0 Å². The summed E-state index contributed by atoms with van der Waals surface area (Å²) in [6, 6.07) is 15.6. The molecule has 3 aromatic rings. The van der Waals surface area contributed by atoms with Gasteiger partial charge in [-0.25, -0.2) is 0 Å². The van der Waals surface area contributed by atoms with Gasteiger partial charge in [0, 0.05) is 27.6 Å². The fourth-order valence-corrected chi connectivity index (χ4v) is 3.92. The zero-order valence-corrected chi connectivity index (χ0v) is 17.1. The molecular formula is C21H21ClN4OS. The van der Waals surface area contributed by atoms with E-state index in [4.69, 9.17) is 16.3 Å². The van der Waals surface area contributed by atoms with E-state index in [1.165, 1.54) is 12.8 Å². The van der Waals surface area contributed by atoms with Crippen molar-refractivity contribution < 1.29 is 4.74 Å². The highest BCUT2D eigenvalue weighted by atomic mass is 35.5. The highest BCUT2D eigenvalue weighted by Crippen LogP contribution is 2.39. The van der Waals surface area contributed by atoms with E-state index < -0.39 is 6.23 Å². The molecule has 1 aliphatic rings. The molecule has 144 valence electrons. The van der Waals surface area contributed by atoms with Crippen molar-refractivity contribution in [3.8, 4) is 17.1 Å². The number of benzene rings is 2. The van der Waals surface area contributed by atoms with E-state index in [2.05, 4.69) is 27.4 Å². The van der Waals surface area contributed by atoms with Crippen LogP contribution in [0.2, 0.25) is 5.02 Å². The number of para-hydroxylation sites is 1. The number of ether oxygens (including phenoxy) is 1. The Morgan fingerprint density at radius 3 is 2.71 bits per heavy atom. The lowest BCUT2D eigenvalue weighted by Crippen LogP contribution is -2.17. The Hall–Kier alpha value is -2.31. The van der Waals surface area contributed by atoms with Crippen molar-refractivity contribution in [3.05, 3.63) is 59.1 Å². The zero-order chi connectivity index (χ0) is 19.3. The topological polar surface area (TPSA) is 59.9 Å². The van der Waals surface area contributed by atoms with Crippen molar-refractivity contribution >= 4 is 29.1 Å². The summed E-state index contributed by atoms with van der Waals surface area (Å²) in [6.07, 6.45) is 3.14. The highest BCUT2D eigenvalue weighted by Gasteiger charge is 2.25. The van der Waals surface area contributed by atoms with E-state index in [1.54, 1.807) is 11.8 Å². The Kier molecular flexibility index (Phi) is 5.98. The number of anilines is 1. The molecule has 28 heavy (non-hydrogen) atoms. The third-order valence-electron chi connectivity index (χ3n) is 4.49. The molecule has 0 unspecified atom stereocenters. The minimum absolute atomic E-state index is 0.394. The predicted molar refractivity (Wildman–Crippen MR) is 114 cm³/mol. The number of fused-ring (bicyclic) bond motifs is 3. The predicted octanol–water partition coefficient (Wildman–Crippen LogP) is 5.98. The second-order valence-electron chi connectivity index (χ2n) is 6.54. The summed E-state index contributed by atoms with van der Waals surface area (Å²) in [6.45, 7) is 2.19. The summed E-state index contributed by atoms with van der Waals surface area (Å²) in [4.78, 5) is 4.66. The van der Waals surface area contributed by atoms with Crippen LogP contribution in [-0.4, -0.2) is 20.9 Å². The minimum atomic E-state index is -0.394. The SMILES string of the molecule is CCCCCSc1nnc2c(n1)O[C@@H](c1ccc(Cl)cc1)Nc1ccccc1-2. The standard InChI is InChI=1S/C21H21ClN4OS/c1-2-3-6-13-28-21-24-20-18(25-26-21)16-7-4-5-8-17(16)23-19(27-20)14-9-11-15(22)12-10-14/h4-5,7-12,19,23H,2-3,6,13H2,1H3/t19-/m0/s1. The summed E-state index contributed by atoms with van der Waals surface area (Å²) in [5, 5.41) is 13.5. The number of unbranched alkanes of at least 4 members (excludes halogenated alkanes) is 2. The third kappa shape index (κ3) is 4.23. The van der Waals surface area contributed by atoms with Gasteiger partial charge in [0.25, 0.3) is 0 Å². The van der Waals surface area contributed by atoms with Gasteiger partial charge in [-0.1, -0.05) is 73.5 Å². The van der Waals surface area contributed by atoms with Gasteiger partial charge in [-0.15, -0.1) is 10.2 Å². The van der Waals surface area contributed by atoms with Crippen molar-refractivity contribution in [2.45, 2.75) is 37.6 Å². The number of hydrogen-bond acceptors (Lipinski definition) is 6. The first-order valence-electron chi connectivity index (χ1n) is 9.40. The van der Waals surface area contributed by atoms with Crippen molar-refractivity contribution in [1.29, 1.82) is 0 Å². The van der Waals surface area contributed by atoms with Gasteiger partial charge in [-0.3, -0.25) is 0 Å². The van der Waals surface area contributed by atoms with Crippen LogP contribution in [0.4, 0.5) is 5.69 Å². The van der Waals surface area contributed by atoms with Crippen LogP contribution >= 0.6 is 23.4 Å². The van der Waals surface area contributed by atoms with Crippen molar-refractivity contribution in [3.63, 3.8) is 0 Å². The lowest BCUT2D eigenvalue weighted by atomic mass is 10.1. The highest BCUT2D eigenvalue weighted by molar-refractivity contribution is 7.99. The molecule has 1 aromatic heterocycles. The molecule has 0 aliphatic carbocycles. The lowest BCUT2D eigenvalue weighted by molar-refractivity contribution is 0.225. The van der Waals surface area contributed by atoms with Gasteiger partial charge >= 0.3 is 0 Å². The van der Waals surface area contributed by atoms with Crippen LogP contribution in [0, 0.1) is 0 Å². The van der Waals surface area contributed by atoms with E-state index in [-0.39, 0.29) is 0 Å².